The number of ether oxygens (including phenoxy) is 1. The fourth-order valence-electron chi connectivity index (χ4n) is 1.24. The van der Waals surface area contributed by atoms with Gasteiger partial charge in [-0.3, -0.25) is 0 Å². The SMILES string of the molecule is Cc1cc(F)ccc1OCc1nccs1. The van der Waals surface area contributed by atoms with E-state index in [1.54, 1.807) is 23.6 Å². The van der Waals surface area contributed by atoms with Crippen LogP contribution in [0.1, 0.15) is 10.6 Å². The molecule has 2 nitrogen and oxygen atoms in total. The molecule has 0 N–H and O–H groups in total. The summed E-state index contributed by atoms with van der Waals surface area (Å²) < 4.78 is 18.3. The Labute approximate surface area is 91.4 Å². The third kappa shape index (κ3) is 2.53. The highest BCUT2D eigenvalue weighted by atomic mass is 32.1. The van der Waals surface area contributed by atoms with Gasteiger partial charge in [0.15, 0.2) is 0 Å². The molecule has 1 heterocycles. The Balaban J connectivity index is 2.05. The summed E-state index contributed by atoms with van der Waals surface area (Å²) in [4.78, 5) is 4.10. The predicted molar refractivity (Wildman–Crippen MR) is 57.6 cm³/mol. The van der Waals surface area contributed by atoms with Gasteiger partial charge in [0.25, 0.3) is 0 Å². The number of nitrogens with zero attached hydrogens (tertiary/aromatic N) is 1. The molecule has 15 heavy (non-hydrogen) atoms. The minimum atomic E-state index is -0.242. The van der Waals surface area contributed by atoms with Crippen molar-refractivity contribution in [2.45, 2.75) is 13.5 Å². The fourth-order valence-corrected chi connectivity index (χ4v) is 1.77. The maximum absolute atomic E-state index is 12.8. The van der Waals surface area contributed by atoms with Crippen LogP contribution in [0.4, 0.5) is 4.39 Å². The first kappa shape index (κ1) is 10.1. The van der Waals surface area contributed by atoms with E-state index >= 15 is 0 Å². The maximum Gasteiger partial charge on any atom is 0.140 e. The van der Waals surface area contributed by atoms with E-state index in [0.29, 0.717) is 12.4 Å². The molecule has 1 aromatic heterocycles. The zero-order chi connectivity index (χ0) is 10.7. The number of hydrogen-bond donors (Lipinski definition) is 0. The van der Waals surface area contributed by atoms with Crippen molar-refractivity contribution in [1.82, 2.24) is 4.98 Å². The zero-order valence-corrected chi connectivity index (χ0v) is 9.05. The maximum atomic E-state index is 12.8. The molecule has 0 atom stereocenters. The van der Waals surface area contributed by atoms with Gasteiger partial charge >= 0.3 is 0 Å². The highest BCUT2D eigenvalue weighted by molar-refractivity contribution is 7.09. The minimum Gasteiger partial charge on any atom is -0.486 e. The summed E-state index contributed by atoms with van der Waals surface area (Å²) in [7, 11) is 0. The molecule has 0 aliphatic heterocycles. The summed E-state index contributed by atoms with van der Waals surface area (Å²) >= 11 is 1.54. The number of aryl methyl sites for hydroxylation is 1. The second-order valence-electron chi connectivity index (χ2n) is 3.12. The lowest BCUT2D eigenvalue weighted by molar-refractivity contribution is 0.303. The molecule has 0 aliphatic rings. The molecule has 4 heteroatoms. The Hall–Kier alpha value is -1.42. The highest BCUT2D eigenvalue weighted by Gasteiger charge is 2.02. The van der Waals surface area contributed by atoms with E-state index in [9.17, 15) is 4.39 Å². The van der Waals surface area contributed by atoms with E-state index in [-0.39, 0.29) is 5.82 Å². The molecular formula is C11H10FNOS. The number of aromatic nitrogens is 1. The Morgan fingerprint density at radius 2 is 2.33 bits per heavy atom. The van der Waals surface area contributed by atoms with Crippen LogP contribution < -0.4 is 4.74 Å². The van der Waals surface area contributed by atoms with Crippen LogP contribution in [0.15, 0.2) is 29.8 Å². The van der Waals surface area contributed by atoms with Gasteiger partial charge in [-0.25, -0.2) is 9.37 Å². The van der Waals surface area contributed by atoms with E-state index in [1.807, 2.05) is 12.3 Å². The lowest BCUT2D eigenvalue weighted by Gasteiger charge is -2.06. The summed E-state index contributed by atoms with van der Waals surface area (Å²) in [5, 5.41) is 2.81. The Kier molecular flexibility index (Phi) is 2.97. The van der Waals surface area contributed by atoms with Crippen LogP contribution in [-0.2, 0) is 6.61 Å². The number of benzene rings is 1. The van der Waals surface area contributed by atoms with Crippen LogP contribution in [0.5, 0.6) is 5.75 Å². The zero-order valence-electron chi connectivity index (χ0n) is 8.24. The smallest absolute Gasteiger partial charge is 0.140 e. The van der Waals surface area contributed by atoms with Gasteiger partial charge < -0.3 is 4.74 Å². The second-order valence-corrected chi connectivity index (χ2v) is 4.10. The monoisotopic (exact) mass is 223 g/mol. The van der Waals surface area contributed by atoms with Crippen molar-refractivity contribution in [3.05, 3.63) is 46.2 Å². The molecule has 0 spiro atoms. The second kappa shape index (κ2) is 4.40. The number of hydrogen-bond acceptors (Lipinski definition) is 3. The van der Waals surface area contributed by atoms with E-state index in [0.717, 1.165) is 10.6 Å². The Morgan fingerprint density at radius 1 is 1.47 bits per heavy atom. The van der Waals surface area contributed by atoms with Gasteiger partial charge in [0.2, 0.25) is 0 Å². The Bertz CT molecular complexity index is 442. The molecule has 0 unspecified atom stereocenters. The number of thiazole rings is 1. The molecular weight excluding hydrogens is 213 g/mol. The topological polar surface area (TPSA) is 22.1 Å². The fraction of sp³-hybridized carbons (Fsp3) is 0.182. The van der Waals surface area contributed by atoms with E-state index in [2.05, 4.69) is 4.98 Å². The third-order valence-corrected chi connectivity index (χ3v) is 2.72. The number of halogens is 1. The molecule has 0 amide bonds. The lowest BCUT2D eigenvalue weighted by atomic mass is 10.2. The molecule has 0 radical (unpaired) electrons. The van der Waals surface area contributed by atoms with Gasteiger partial charge in [-0.1, -0.05) is 0 Å². The van der Waals surface area contributed by atoms with Crippen molar-refractivity contribution in [2.24, 2.45) is 0 Å². The molecule has 2 aromatic rings. The summed E-state index contributed by atoms with van der Waals surface area (Å²) in [5.41, 5.74) is 0.798. The van der Waals surface area contributed by atoms with Gasteiger partial charge in [0.1, 0.15) is 23.2 Å². The van der Waals surface area contributed by atoms with E-state index in [1.165, 1.54) is 12.1 Å². The molecule has 0 saturated heterocycles. The van der Waals surface area contributed by atoms with Crippen molar-refractivity contribution >= 4 is 11.3 Å². The molecule has 2 rings (SSSR count). The molecule has 0 fully saturated rings. The van der Waals surface area contributed by atoms with Crippen LogP contribution in [0.3, 0.4) is 0 Å². The normalized spacial score (nSPS) is 10.3. The van der Waals surface area contributed by atoms with Gasteiger partial charge in [-0.2, -0.15) is 0 Å². The molecule has 0 bridgehead atoms. The Morgan fingerprint density at radius 3 is 3.00 bits per heavy atom. The summed E-state index contributed by atoms with van der Waals surface area (Å²) in [6.45, 7) is 2.25. The van der Waals surface area contributed by atoms with Crippen molar-refractivity contribution in [2.75, 3.05) is 0 Å². The van der Waals surface area contributed by atoms with E-state index < -0.39 is 0 Å². The van der Waals surface area contributed by atoms with Crippen LogP contribution in [0.25, 0.3) is 0 Å². The molecule has 1 aromatic carbocycles. The van der Waals surface area contributed by atoms with Crippen molar-refractivity contribution in [3.63, 3.8) is 0 Å². The first-order valence-corrected chi connectivity index (χ1v) is 5.41. The standard InChI is InChI=1S/C11H10FNOS/c1-8-6-9(12)2-3-10(8)14-7-11-13-4-5-15-11/h2-6H,7H2,1H3. The average Bonchev–Trinajstić information content (AvgIpc) is 2.69. The van der Waals surface area contributed by atoms with Crippen molar-refractivity contribution in [1.29, 1.82) is 0 Å². The summed E-state index contributed by atoms with van der Waals surface area (Å²) in [5.74, 6) is 0.459. The van der Waals surface area contributed by atoms with Gasteiger partial charge in [-0.05, 0) is 30.7 Å². The quantitative estimate of drug-likeness (QED) is 0.797. The summed E-state index contributed by atoms with van der Waals surface area (Å²) in [6, 6.07) is 4.49. The van der Waals surface area contributed by atoms with Crippen LogP contribution in [-0.4, -0.2) is 4.98 Å². The molecule has 0 aliphatic carbocycles. The highest BCUT2D eigenvalue weighted by Crippen LogP contribution is 2.19. The van der Waals surface area contributed by atoms with Gasteiger partial charge in [0, 0.05) is 11.6 Å². The average molecular weight is 223 g/mol. The van der Waals surface area contributed by atoms with Crippen molar-refractivity contribution < 1.29 is 9.13 Å². The van der Waals surface area contributed by atoms with Gasteiger partial charge in [0.05, 0.1) is 0 Å². The predicted octanol–water partition coefficient (Wildman–Crippen LogP) is 3.17. The lowest BCUT2D eigenvalue weighted by Crippen LogP contribution is -1.96. The van der Waals surface area contributed by atoms with Crippen molar-refractivity contribution in [3.8, 4) is 5.75 Å². The van der Waals surface area contributed by atoms with Crippen LogP contribution in [0, 0.1) is 12.7 Å². The molecule has 78 valence electrons. The third-order valence-electron chi connectivity index (χ3n) is 1.97. The van der Waals surface area contributed by atoms with Crippen LogP contribution >= 0.6 is 11.3 Å². The number of rotatable bonds is 3. The molecule has 0 saturated carbocycles. The van der Waals surface area contributed by atoms with Gasteiger partial charge in [-0.15, -0.1) is 11.3 Å². The summed E-state index contributed by atoms with van der Waals surface area (Å²) in [6.07, 6.45) is 1.74. The minimum absolute atomic E-state index is 0.242. The van der Waals surface area contributed by atoms with Crippen LogP contribution in [0.2, 0.25) is 0 Å². The largest absolute Gasteiger partial charge is 0.486 e. The van der Waals surface area contributed by atoms with E-state index in [4.69, 9.17) is 4.74 Å². The first-order valence-electron chi connectivity index (χ1n) is 4.53. The first-order chi connectivity index (χ1) is 7.25.